The molecule has 0 heterocycles. The van der Waals surface area contributed by atoms with Crippen LogP contribution in [0.15, 0.2) is 78.9 Å². The average Bonchev–Trinajstić information content (AvgIpc) is 2.91. The molecule has 2 atom stereocenters. The van der Waals surface area contributed by atoms with Gasteiger partial charge in [0, 0.05) is 35.5 Å². The molecule has 0 aliphatic heterocycles. The summed E-state index contributed by atoms with van der Waals surface area (Å²) < 4.78 is 5.77. The number of amides is 2. The Balaban J connectivity index is 1.78. The second-order valence-electron chi connectivity index (χ2n) is 9.08. The number of hydrogen-bond donors (Lipinski definition) is 1. The molecule has 0 fully saturated rings. The highest BCUT2D eigenvalue weighted by Crippen LogP contribution is 2.19. The Bertz CT molecular complexity index is 1120. The summed E-state index contributed by atoms with van der Waals surface area (Å²) in [5.74, 6) is 0.442. The number of hydrogen-bond acceptors (Lipinski definition) is 3. The van der Waals surface area contributed by atoms with E-state index in [2.05, 4.69) is 5.32 Å². The van der Waals surface area contributed by atoms with Crippen molar-refractivity contribution in [1.82, 2.24) is 10.2 Å². The SMILES string of the molecule is CC[C@H](C)NC(=O)[C@@H](Cc1ccccc1)N(Cc1ccc(Cl)cc1)C(=O)CCCOc1ccc(Cl)cc1. The highest BCUT2D eigenvalue weighted by molar-refractivity contribution is 6.30. The summed E-state index contributed by atoms with van der Waals surface area (Å²) in [7, 11) is 0. The van der Waals surface area contributed by atoms with Gasteiger partial charge < -0.3 is 15.0 Å². The monoisotopic (exact) mass is 540 g/mol. The number of benzene rings is 3. The number of nitrogens with one attached hydrogen (secondary N) is 1. The van der Waals surface area contributed by atoms with Gasteiger partial charge in [0.25, 0.3) is 0 Å². The molecule has 0 aliphatic rings. The second kappa shape index (κ2) is 14.7. The van der Waals surface area contributed by atoms with Gasteiger partial charge in [-0.15, -0.1) is 0 Å². The molecular weight excluding hydrogens is 507 g/mol. The van der Waals surface area contributed by atoms with Gasteiger partial charge in [0.2, 0.25) is 11.8 Å². The summed E-state index contributed by atoms with van der Waals surface area (Å²) in [6, 6.07) is 23.6. The van der Waals surface area contributed by atoms with Gasteiger partial charge in [0.1, 0.15) is 11.8 Å². The fourth-order valence-electron chi connectivity index (χ4n) is 3.87. The molecule has 0 saturated heterocycles. The Labute approximate surface area is 229 Å². The van der Waals surface area contributed by atoms with E-state index in [0.717, 1.165) is 17.5 Å². The summed E-state index contributed by atoms with van der Waals surface area (Å²) in [6.45, 7) is 4.68. The van der Waals surface area contributed by atoms with E-state index in [9.17, 15) is 9.59 Å². The van der Waals surface area contributed by atoms with Crippen molar-refractivity contribution in [2.75, 3.05) is 6.61 Å². The van der Waals surface area contributed by atoms with E-state index in [1.54, 1.807) is 41.3 Å². The molecule has 0 unspecified atom stereocenters. The summed E-state index contributed by atoms with van der Waals surface area (Å²) >= 11 is 12.0. The van der Waals surface area contributed by atoms with Crippen molar-refractivity contribution in [2.45, 2.75) is 58.2 Å². The quantitative estimate of drug-likeness (QED) is 0.245. The van der Waals surface area contributed by atoms with Gasteiger partial charge in [0.15, 0.2) is 0 Å². The summed E-state index contributed by atoms with van der Waals surface area (Å²) in [5, 5.41) is 4.34. The lowest BCUT2D eigenvalue weighted by atomic mass is 10.0. The van der Waals surface area contributed by atoms with E-state index in [0.29, 0.717) is 41.8 Å². The highest BCUT2D eigenvalue weighted by atomic mass is 35.5. The van der Waals surface area contributed by atoms with Crippen molar-refractivity contribution in [3.63, 3.8) is 0 Å². The Morgan fingerprint density at radius 1 is 0.892 bits per heavy atom. The topological polar surface area (TPSA) is 58.6 Å². The molecule has 0 saturated carbocycles. The van der Waals surface area contributed by atoms with Gasteiger partial charge in [0.05, 0.1) is 6.61 Å². The predicted octanol–water partition coefficient (Wildman–Crippen LogP) is 6.71. The van der Waals surface area contributed by atoms with Crippen molar-refractivity contribution in [3.8, 4) is 5.75 Å². The van der Waals surface area contributed by atoms with Crippen LogP contribution in [-0.4, -0.2) is 35.4 Å². The molecule has 196 valence electrons. The van der Waals surface area contributed by atoms with Gasteiger partial charge in [-0.3, -0.25) is 9.59 Å². The van der Waals surface area contributed by atoms with Crippen molar-refractivity contribution >= 4 is 35.0 Å². The maximum Gasteiger partial charge on any atom is 0.243 e. The van der Waals surface area contributed by atoms with Crippen molar-refractivity contribution in [1.29, 1.82) is 0 Å². The zero-order valence-electron chi connectivity index (χ0n) is 21.3. The molecule has 7 heteroatoms. The number of rotatable bonds is 13. The second-order valence-corrected chi connectivity index (χ2v) is 9.95. The van der Waals surface area contributed by atoms with Crippen LogP contribution >= 0.6 is 23.2 Å². The van der Waals surface area contributed by atoms with Crippen LogP contribution in [0.2, 0.25) is 10.0 Å². The molecule has 3 rings (SSSR count). The molecule has 3 aromatic carbocycles. The molecule has 3 aromatic rings. The highest BCUT2D eigenvalue weighted by Gasteiger charge is 2.30. The third-order valence-electron chi connectivity index (χ3n) is 6.16. The lowest BCUT2D eigenvalue weighted by Gasteiger charge is -2.32. The molecule has 0 bridgehead atoms. The molecule has 1 N–H and O–H groups in total. The van der Waals surface area contributed by atoms with E-state index in [1.165, 1.54) is 0 Å². The molecule has 37 heavy (non-hydrogen) atoms. The van der Waals surface area contributed by atoms with Crippen LogP contribution in [0.25, 0.3) is 0 Å². The number of nitrogens with zero attached hydrogens (tertiary/aromatic N) is 1. The van der Waals surface area contributed by atoms with Crippen LogP contribution in [0.4, 0.5) is 0 Å². The van der Waals surface area contributed by atoms with Gasteiger partial charge in [-0.25, -0.2) is 0 Å². The fraction of sp³-hybridized carbons (Fsp3) is 0.333. The molecule has 0 radical (unpaired) electrons. The fourth-order valence-corrected chi connectivity index (χ4v) is 4.12. The first-order valence-electron chi connectivity index (χ1n) is 12.6. The maximum atomic E-state index is 13.6. The van der Waals surface area contributed by atoms with E-state index in [1.807, 2.05) is 56.3 Å². The smallest absolute Gasteiger partial charge is 0.243 e. The molecule has 0 aliphatic carbocycles. The molecule has 0 aromatic heterocycles. The molecular formula is C30H34Cl2N2O3. The first kappa shape index (κ1) is 28.5. The van der Waals surface area contributed by atoms with Crippen LogP contribution < -0.4 is 10.1 Å². The van der Waals surface area contributed by atoms with Crippen LogP contribution in [0.3, 0.4) is 0 Å². The minimum Gasteiger partial charge on any atom is -0.494 e. The van der Waals surface area contributed by atoms with Crippen LogP contribution in [0.5, 0.6) is 5.75 Å². The Hall–Kier alpha value is -3.02. The first-order valence-corrected chi connectivity index (χ1v) is 13.4. The molecule has 5 nitrogen and oxygen atoms in total. The number of carbonyl (C=O) groups is 2. The van der Waals surface area contributed by atoms with Crippen LogP contribution in [-0.2, 0) is 22.6 Å². The standard InChI is InChI=1S/C30H34Cl2N2O3/c1-3-22(2)33-30(36)28(20-23-8-5-4-6-9-23)34(21-24-11-13-25(31)14-12-24)29(35)10-7-19-37-27-17-15-26(32)16-18-27/h4-6,8-9,11-18,22,28H,3,7,10,19-21H2,1-2H3,(H,33,36)/t22-,28+/m0/s1. The molecule has 0 spiro atoms. The van der Waals surface area contributed by atoms with E-state index in [-0.39, 0.29) is 24.3 Å². The van der Waals surface area contributed by atoms with Gasteiger partial charge >= 0.3 is 0 Å². The Morgan fingerprint density at radius 2 is 1.51 bits per heavy atom. The lowest BCUT2D eigenvalue weighted by molar-refractivity contribution is -0.141. The summed E-state index contributed by atoms with van der Waals surface area (Å²) in [5.41, 5.74) is 1.90. The Morgan fingerprint density at radius 3 is 2.14 bits per heavy atom. The van der Waals surface area contributed by atoms with E-state index >= 15 is 0 Å². The first-order chi connectivity index (χ1) is 17.9. The summed E-state index contributed by atoms with van der Waals surface area (Å²) in [4.78, 5) is 28.8. The third-order valence-corrected chi connectivity index (χ3v) is 6.66. The molecule has 2 amide bonds. The van der Waals surface area contributed by atoms with Gasteiger partial charge in [-0.2, -0.15) is 0 Å². The number of ether oxygens (including phenoxy) is 1. The predicted molar refractivity (Wildman–Crippen MR) is 150 cm³/mol. The minimum absolute atomic E-state index is 0.00559. The largest absolute Gasteiger partial charge is 0.494 e. The maximum absolute atomic E-state index is 13.6. The number of carbonyl (C=O) groups excluding carboxylic acids is 2. The minimum atomic E-state index is -0.656. The Kier molecular flexibility index (Phi) is 11.3. The van der Waals surface area contributed by atoms with Crippen molar-refractivity contribution < 1.29 is 14.3 Å². The van der Waals surface area contributed by atoms with Crippen LogP contribution in [0, 0.1) is 0 Å². The van der Waals surface area contributed by atoms with Crippen molar-refractivity contribution in [3.05, 3.63) is 100 Å². The third kappa shape index (κ3) is 9.42. The number of halogens is 2. The van der Waals surface area contributed by atoms with Crippen molar-refractivity contribution in [2.24, 2.45) is 0 Å². The normalized spacial score (nSPS) is 12.4. The lowest BCUT2D eigenvalue weighted by Crippen LogP contribution is -2.52. The van der Waals surface area contributed by atoms with E-state index in [4.69, 9.17) is 27.9 Å². The average molecular weight is 542 g/mol. The van der Waals surface area contributed by atoms with E-state index < -0.39 is 6.04 Å². The zero-order chi connectivity index (χ0) is 26.6. The summed E-state index contributed by atoms with van der Waals surface area (Å²) in [6.07, 6.45) is 1.99. The van der Waals surface area contributed by atoms with Crippen LogP contribution in [0.1, 0.15) is 44.2 Å². The van der Waals surface area contributed by atoms with Gasteiger partial charge in [-0.05, 0) is 67.3 Å². The van der Waals surface area contributed by atoms with Gasteiger partial charge in [-0.1, -0.05) is 72.6 Å². The zero-order valence-corrected chi connectivity index (χ0v) is 22.8.